The van der Waals surface area contributed by atoms with Gasteiger partial charge in [-0.3, -0.25) is 29.6 Å². The van der Waals surface area contributed by atoms with Gasteiger partial charge in [-0.15, -0.1) is 0 Å². The van der Waals surface area contributed by atoms with Crippen molar-refractivity contribution in [3.05, 3.63) is 43.8 Å². The van der Waals surface area contributed by atoms with Gasteiger partial charge in [-0.25, -0.2) is 0 Å². The molecule has 0 radical (unpaired) electrons. The summed E-state index contributed by atoms with van der Waals surface area (Å²) in [6.45, 7) is 1.60. The standard InChI is InChI=1S/C9H10N2O9S/c1-5(12)20-6-3-7(10(13)14)9(2,21(17,18)19)8(4-6)11(15)16/h3-4,7H,1-2H3,(H,17,18,19). The number of nitrogens with zero attached hydrogens (tertiary/aromatic N) is 2. The number of carbonyl (C=O) groups excluding carboxylic acids is 1. The van der Waals surface area contributed by atoms with Crippen LogP contribution in [0.15, 0.2) is 23.6 Å². The normalized spacial score (nSPS) is 25.6. The molecule has 0 heterocycles. The molecule has 0 bridgehead atoms. The highest BCUT2D eigenvalue weighted by atomic mass is 32.2. The zero-order valence-corrected chi connectivity index (χ0v) is 11.6. The Bertz CT molecular complexity index is 677. The van der Waals surface area contributed by atoms with Crippen LogP contribution in [0.5, 0.6) is 0 Å². The van der Waals surface area contributed by atoms with E-state index in [2.05, 4.69) is 4.74 Å². The van der Waals surface area contributed by atoms with E-state index < -0.39 is 48.2 Å². The Balaban J connectivity index is 3.62. The summed E-state index contributed by atoms with van der Waals surface area (Å²) in [6, 6.07) is -2.20. The van der Waals surface area contributed by atoms with Gasteiger partial charge in [-0.2, -0.15) is 8.42 Å². The smallest absolute Gasteiger partial charge is 0.308 e. The second-order valence-electron chi connectivity index (χ2n) is 4.26. The summed E-state index contributed by atoms with van der Waals surface area (Å²) in [7, 11) is -5.20. The molecular weight excluding hydrogens is 312 g/mol. The van der Waals surface area contributed by atoms with Crippen LogP contribution in [0.4, 0.5) is 0 Å². The molecule has 1 aliphatic carbocycles. The van der Waals surface area contributed by atoms with E-state index in [1.807, 2.05) is 0 Å². The van der Waals surface area contributed by atoms with Gasteiger partial charge in [-0.05, 0) is 6.92 Å². The topological polar surface area (TPSA) is 167 Å². The van der Waals surface area contributed by atoms with Crippen LogP contribution in [-0.4, -0.2) is 39.6 Å². The second kappa shape index (κ2) is 5.21. The van der Waals surface area contributed by atoms with E-state index in [0.717, 1.165) is 6.92 Å². The molecule has 0 aromatic rings. The van der Waals surface area contributed by atoms with Crippen LogP contribution in [0, 0.1) is 20.2 Å². The summed E-state index contributed by atoms with van der Waals surface area (Å²) in [5, 5.41) is 22.0. The number of rotatable bonds is 4. The van der Waals surface area contributed by atoms with Gasteiger partial charge in [0.2, 0.25) is 0 Å². The molecule has 1 aliphatic rings. The summed E-state index contributed by atoms with van der Waals surface area (Å²) >= 11 is 0. The highest BCUT2D eigenvalue weighted by molar-refractivity contribution is 7.87. The Morgan fingerprint density at radius 3 is 2.29 bits per heavy atom. The SMILES string of the molecule is CC(=O)OC1=CC([N+](=O)[O-])C(C)(S(=O)(=O)O)C([N+](=O)[O-])=C1. The second-order valence-corrected chi connectivity index (χ2v) is 6.06. The van der Waals surface area contributed by atoms with Gasteiger partial charge in [-0.1, -0.05) is 0 Å². The number of esters is 1. The third-order valence-corrected chi connectivity index (χ3v) is 4.42. The third-order valence-electron chi connectivity index (χ3n) is 2.90. The van der Waals surface area contributed by atoms with Crippen LogP contribution in [0.25, 0.3) is 0 Å². The number of nitro groups is 2. The molecule has 12 heteroatoms. The Morgan fingerprint density at radius 1 is 1.43 bits per heavy atom. The monoisotopic (exact) mass is 322 g/mol. The van der Waals surface area contributed by atoms with Crippen LogP contribution in [0.3, 0.4) is 0 Å². The lowest BCUT2D eigenvalue weighted by atomic mass is 9.92. The molecule has 0 fully saturated rings. The molecule has 11 nitrogen and oxygen atoms in total. The van der Waals surface area contributed by atoms with E-state index in [9.17, 15) is 38.0 Å². The predicted molar refractivity (Wildman–Crippen MR) is 65.7 cm³/mol. The quantitative estimate of drug-likeness (QED) is 0.321. The highest BCUT2D eigenvalue weighted by Crippen LogP contribution is 2.37. The van der Waals surface area contributed by atoms with Crippen LogP contribution in [-0.2, 0) is 19.6 Å². The van der Waals surface area contributed by atoms with Gasteiger partial charge in [0.25, 0.3) is 26.6 Å². The zero-order valence-electron chi connectivity index (χ0n) is 10.7. The van der Waals surface area contributed by atoms with E-state index in [1.165, 1.54) is 0 Å². The highest BCUT2D eigenvalue weighted by Gasteiger charge is 2.63. The molecule has 0 amide bonds. The van der Waals surface area contributed by atoms with Crippen molar-refractivity contribution in [2.45, 2.75) is 24.6 Å². The molecule has 116 valence electrons. The van der Waals surface area contributed by atoms with Crippen molar-refractivity contribution in [1.29, 1.82) is 0 Å². The van der Waals surface area contributed by atoms with Crippen molar-refractivity contribution in [3.8, 4) is 0 Å². The molecule has 0 saturated carbocycles. The van der Waals surface area contributed by atoms with Crippen LogP contribution < -0.4 is 0 Å². The fourth-order valence-corrected chi connectivity index (χ4v) is 2.66. The van der Waals surface area contributed by atoms with Gasteiger partial charge in [0.05, 0.1) is 11.0 Å². The fourth-order valence-electron chi connectivity index (χ4n) is 1.80. The maximum absolute atomic E-state index is 11.4. The van der Waals surface area contributed by atoms with Gasteiger partial charge < -0.3 is 4.74 Å². The average molecular weight is 322 g/mol. The number of hydrogen-bond acceptors (Lipinski definition) is 8. The summed E-state index contributed by atoms with van der Waals surface area (Å²) in [5.41, 5.74) is -1.18. The minimum Gasteiger partial charge on any atom is -0.427 e. The molecule has 0 aliphatic heterocycles. The predicted octanol–water partition coefficient (Wildman–Crippen LogP) is -0.101. The van der Waals surface area contributed by atoms with Crippen molar-refractivity contribution in [1.82, 2.24) is 0 Å². The summed E-state index contributed by atoms with van der Waals surface area (Å²) in [5.74, 6) is -1.45. The molecule has 2 atom stereocenters. The van der Waals surface area contributed by atoms with Crippen molar-refractivity contribution in [3.63, 3.8) is 0 Å². The van der Waals surface area contributed by atoms with Crippen molar-refractivity contribution in [2.24, 2.45) is 0 Å². The van der Waals surface area contributed by atoms with Gasteiger partial charge in [0, 0.05) is 17.9 Å². The molecule has 1 rings (SSSR count). The average Bonchev–Trinajstić information content (AvgIpc) is 2.28. The van der Waals surface area contributed by atoms with E-state index in [-0.39, 0.29) is 0 Å². The first kappa shape index (κ1) is 16.7. The Morgan fingerprint density at radius 2 is 1.95 bits per heavy atom. The van der Waals surface area contributed by atoms with Crippen molar-refractivity contribution in [2.75, 3.05) is 0 Å². The minimum absolute atomic E-state index is 0.544. The molecule has 1 N–H and O–H groups in total. The summed E-state index contributed by atoms with van der Waals surface area (Å²) in [4.78, 5) is 30.5. The maximum atomic E-state index is 11.4. The number of ether oxygens (including phenoxy) is 1. The Hall–Kier alpha value is -2.34. The van der Waals surface area contributed by atoms with E-state index in [0.29, 0.717) is 19.1 Å². The largest absolute Gasteiger partial charge is 0.427 e. The van der Waals surface area contributed by atoms with E-state index in [4.69, 9.17) is 0 Å². The van der Waals surface area contributed by atoms with Gasteiger partial charge >= 0.3 is 5.97 Å². The van der Waals surface area contributed by atoms with Crippen molar-refractivity contribution < 1.29 is 32.3 Å². The van der Waals surface area contributed by atoms with E-state index in [1.54, 1.807) is 0 Å². The lowest BCUT2D eigenvalue weighted by Crippen LogP contribution is -2.54. The first-order valence-corrected chi connectivity index (χ1v) is 6.72. The van der Waals surface area contributed by atoms with Crippen molar-refractivity contribution >= 4 is 16.1 Å². The van der Waals surface area contributed by atoms with Crippen LogP contribution in [0.1, 0.15) is 13.8 Å². The lowest BCUT2D eigenvalue weighted by Gasteiger charge is -2.27. The number of hydrogen-bond donors (Lipinski definition) is 1. The summed E-state index contributed by atoms with van der Waals surface area (Å²) < 4.78 is 33.8. The third kappa shape index (κ3) is 2.90. The molecular formula is C9H10N2O9S. The van der Waals surface area contributed by atoms with Gasteiger partial charge in [0.1, 0.15) is 5.76 Å². The first-order chi connectivity index (χ1) is 9.41. The Labute approximate surface area is 117 Å². The Kier molecular flexibility index (Phi) is 4.15. The molecule has 0 aromatic carbocycles. The molecule has 0 aromatic heterocycles. The first-order valence-electron chi connectivity index (χ1n) is 5.28. The number of carbonyl (C=O) groups is 1. The summed E-state index contributed by atoms with van der Waals surface area (Å²) in [6.07, 6.45) is 1.16. The zero-order chi connectivity index (χ0) is 16.6. The molecule has 2 unspecified atom stereocenters. The van der Waals surface area contributed by atoms with Gasteiger partial charge in [0.15, 0.2) is 0 Å². The van der Waals surface area contributed by atoms with E-state index >= 15 is 0 Å². The van der Waals surface area contributed by atoms with Crippen LogP contribution >= 0.6 is 0 Å². The fraction of sp³-hybridized carbons (Fsp3) is 0.444. The number of allylic oxidation sites excluding steroid dienone is 1. The maximum Gasteiger partial charge on any atom is 0.308 e. The minimum atomic E-state index is -5.20. The molecule has 0 spiro atoms. The molecule has 21 heavy (non-hydrogen) atoms. The van der Waals surface area contributed by atoms with Crippen LogP contribution in [0.2, 0.25) is 0 Å². The lowest BCUT2D eigenvalue weighted by molar-refractivity contribution is -0.524. The molecule has 0 saturated heterocycles.